The number of nitrogens with one attached hydrogen (secondary N) is 2. The minimum Gasteiger partial charge on any atom is -0.326 e. The summed E-state index contributed by atoms with van der Waals surface area (Å²) in [5.41, 5.74) is 2.81. The summed E-state index contributed by atoms with van der Waals surface area (Å²) in [6.45, 7) is 1.99. The Morgan fingerprint density at radius 2 is 1.73 bits per heavy atom. The van der Waals surface area contributed by atoms with Gasteiger partial charge < -0.3 is 15.5 Å². The van der Waals surface area contributed by atoms with Gasteiger partial charge in [0.2, 0.25) is 11.8 Å². The first kappa shape index (κ1) is 19.6. The molecule has 1 aliphatic heterocycles. The summed E-state index contributed by atoms with van der Waals surface area (Å²) in [7, 11) is 0. The normalized spacial score (nSPS) is 15.4. The van der Waals surface area contributed by atoms with Crippen molar-refractivity contribution in [1.82, 2.24) is 0 Å². The van der Waals surface area contributed by atoms with Gasteiger partial charge in [-0.15, -0.1) is 0 Å². The van der Waals surface area contributed by atoms with Crippen LogP contribution in [0, 0.1) is 5.92 Å². The first-order valence-corrected chi connectivity index (χ1v) is 9.80. The third kappa shape index (κ3) is 4.00. The monoisotopic (exact) mass is 403 g/mol. The average molecular weight is 403 g/mol. The Hall–Kier alpha value is -3.74. The van der Waals surface area contributed by atoms with Crippen LogP contribution in [0.3, 0.4) is 0 Å². The summed E-state index contributed by atoms with van der Waals surface area (Å²) in [4.78, 5) is 50.0. The second-order valence-corrected chi connectivity index (χ2v) is 7.40. The van der Waals surface area contributed by atoms with Crippen LogP contribution < -0.4 is 15.5 Å². The number of benzene rings is 2. The molecule has 0 aromatic heterocycles. The molecule has 0 atom stereocenters. The summed E-state index contributed by atoms with van der Waals surface area (Å²) in [6.07, 6.45) is 4.86. The van der Waals surface area contributed by atoms with E-state index in [0.29, 0.717) is 22.6 Å². The van der Waals surface area contributed by atoms with Gasteiger partial charge in [0.15, 0.2) is 0 Å². The van der Waals surface area contributed by atoms with E-state index < -0.39 is 11.7 Å². The fourth-order valence-electron chi connectivity index (χ4n) is 3.34. The second kappa shape index (κ2) is 7.94. The number of anilines is 3. The molecule has 1 fully saturated rings. The van der Waals surface area contributed by atoms with E-state index in [1.165, 1.54) is 11.0 Å². The van der Waals surface area contributed by atoms with Crippen molar-refractivity contribution >= 4 is 40.6 Å². The number of nitrogens with zero attached hydrogens (tertiary/aromatic N) is 1. The third-order valence-electron chi connectivity index (χ3n) is 5.07. The molecule has 0 unspecified atom stereocenters. The molecule has 2 aromatic carbocycles. The van der Waals surface area contributed by atoms with Crippen molar-refractivity contribution in [3.8, 4) is 0 Å². The Balaban J connectivity index is 1.49. The fraction of sp³-hybridized carbons (Fsp3) is 0.217. The Morgan fingerprint density at radius 1 is 1.03 bits per heavy atom. The highest BCUT2D eigenvalue weighted by Crippen LogP contribution is 2.34. The highest BCUT2D eigenvalue weighted by molar-refractivity contribution is 6.52. The van der Waals surface area contributed by atoms with Gasteiger partial charge >= 0.3 is 0 Å². The molecular weight excluding hydrogens is 382 g/mol. The molecule has 30 heavy (non-hydrogen) atoms. The molecule has 0 bridgehead atoms. The second-order valence-electron chi connectivity index (χ2n) is 7.40. The van der Waals surface area contributed by atoms with Gasteiger partial charge in [-0.2, -0.15) is 0 Å². The minimum absolute atomic E-state index is 0.0508. The van der Waals surface area contributed by atoms with E-state index in [1.54, 1.807) is 55.5 Å². The van der Waals surface area contributed by atoms with Crippen LogP contribution in [0.25, 0.3) is 0 Å². The lowest BCUT2D eigenvalue weighted by atomic mass is 10.1. The van der Waals surface area contributed by atoms with Crippen LogP contribution in [0.5, 0.6) is 0 Å². The molecule has 0 radical (unpaired) electrons. The summed E-state index contributed by atoms with van der Waals surface area (Å²) in [5.74, 6) is -1.39. The topological polar surface area (TPSA) is 95.6 Å². The minimum atomic E-state index is -0.596. The van der Waals surface area contributed by atoms with Crippen molar-refractivity contribution in [2.45, 2.75) is 26.3 Å². The number of amides is 3. The van der Waals surface area contributed by atoms with Gasteiger partial charge in [0.25, 0.3) is 11.7 Å². The lowest BCUT2D eigenvalue weighted by Crippen LogP contribution is -2.29. The Bertz CT molecular complexity index is 1070. The molecule has 152 valence electrons. The van der Waals surface area contributed by atoms with Gasteiger partial charge in [0.1, 0.15) is 0 Å². The van der Waals surface area contributed by atoms with E-state index in [1.807, 2.05) is 0 Å². The van der Waals surface area contributed by atoms with E-state index in [-0.39, 0.29) is 24.3 Å². The molecule has 1 heterocycles. The highest BCUT2D eigenvalue weighted by atomic mass is 16.2. The first-order chi connectivity index (χ1) is 14.5. The number of allylic oxidation sites excluding steroid dienone is 1. The Labute approximate surface area is 173 Å². The van der Waals surface area contributed by atoms with Gasteiger partial charge in [-0.25, -0.2) is 0 Å². The van der Waals surface area contributed by atoms with Gasteiger partial charge in [0, 0.05) is 17.3 Å². The summed E-state index contributed by atoms with van der Waals surface area (Å²) in [6, 6.07) is 12.0. The standard InChI is InChI=1S/C23H21N3O4/c1-2-3-20(27)24-16-8-4-14(5-9-16)13-26-19-11-10-17(25-22(29)15-6-7-15)12-18(19)21(28)23(26)30/h2-5,8-12,15H,6-7,13H2,1H3,(H,24,27)(H,25,29). The number of rotatable bonds is 6. The molecular formula is C23H21N3O4. The molecule has 0 spiro atoms. The van der Waals surface area contributed by atoms with E-state index >= 15 is 0 Å². The van der Waals surface area contributed by atoms with Crippen LogP contribution >= 0.6 is 0 Å². The fourth-order valence-corrected chi connectivity index (χ4v) is 3.34. The number of carbonyl (C=O) groups excluding carboxylic acids is 4. The van der Waals surface area contributed by atoms with Crippen LogP contribution in [-0.2, 0) is 20.9 Å². The number of hydrogen-bond donors (Lipinski definition) is 2. The van der Waals surface area contributed by atoms with E-state index in [2.05, 4.69) is 10.6 Å². The van der Waals surface area contributed by atoms with Gasteiger partial charge in [-0.3, -0.25) is 19.2 Å². The van der Waals surface area contributed by atoms with Gasteiger partial charge in [0.05, 0.1) is 17.8 Å². The quantitative estimate of drug-likeness (QED) is 0.572. The summed E-state index contributed by atoms with van der Waals surface area (Å²) >= 11 is 0. The Kier molecular flexibility index (Phi) is 5.18. The third-order valence-corrected chi connectivity index (χ3v) is 5.07. The van der Waals surface area contributed by atoms with Crippen molar-refractivity contribution < 1.29 is 19.2 Å². The molecule has 1 saturated carbocycles. The lowest BCUT2D eigenvalue weighted by molar-refractivity contribution is -0.117. The average Bonchev–Trinajstić information content (AvgIpc) is 3.55. The predicted octanol–water partition coefficient (Wildman–Crippen LogP) is 3.28. The summed E-state index contributed by atoms with van der Waals surface area (Å²) in [5, 5.41) is 5.54. The number of ketones is 1. The highest BCUT2D eigenvalue weighted by Gasteiger charge is 2.36. The van der Waals surface area contributed by atoms with Gasteiger partial charge in [-0.1, -0.05) is 18.2 Å². The van der Waals surface area contributed by atoms with Crippen molar-refractivity contribution in [2.75, 3.05) is 15.5 Å². The van der Waals surface area contributed by atoms with Crippen LogP contribution in [0.4, 0.5) is 17.1 Å². The predicted molar refractivity (Wildman–Crippen MR) is 113 cm³/mol. The van der Waals surface area contributed by atoms with Gasteiger partial charge in [-0.05, 0) is 61.7 Å². The maximum absolute atomic E-state index is 12.5. The number of fused-ring (bicyclic) bond motifs is 1. The maximum Gasteiger partial charge on any atom is 0.299 e. The zero-order valence-corrected chi connectivity index (χ0v) is 16.5. The molecule has 1 aliphatic carbocycles. The van der Waals surface area contributed by atoms with Crippen LogP contribution in [0.2, 0.25) is 0 Å². The number of Topliss-reactive ketones (excluding diaryl/α,β-unsaturated/α-hetero) is 1. The molecule has 7 nitrogen and oxygen atoms in total. The lowest BCUT2D eigenvalue weighted by Gasteiger charge is -2.17. The number of carbonyl (C=O) groups is 4. The molecule has 2 aromatic rings. The van der Waals surface area contributed by atoms with E-state index in [9.17, 15) is 19.2 Å². The molecule has 4 rings (SSSR count). The Morgan fingerprint density at radius 3 is 2.40 bits per heavy atom. The van der Waals surface area contributed by atoms with E-state index in [4.69, 9.17) is 0 Å². The van der Waals surface area contributed by atoms with E-state index in [0.717, 1.165) is 18.4 Å². The first-order valence-electron chi connectivity index (χ1n) is 9.80. The molecule has 0 saturated heterocycles. The molecule has 7 heteroatoms. The largest absolute Gasteiger partial charge is 0.326 e. The van der Waals surface area contributed by atoms with Crippen molar-refractivity contribution in [1.29, 1.82) is 0 Å². The maximum atomic E-state index is 12.5. The molecule has 2 aliphatic rings. The van der Waals surface area contributed by atoms with Crippen molar-refractivity contribution in [2.24, 2.45) is 5.92 Å². The molecule has 2 N–H and O–H groups in total. The van der Waals surface area contributed by atoms with Crippen LogP contribution in [-0.4, -0.2) is 23.5 Å². The zero-order chi connectivity index (χ0) is 21.3. The van der Waals surface area contributed by atoms with Crippen LogP contribution in [0.1, 0.15) is 35.7 Å². The summed E-state index contributed by atoms with van der Waals surface area (Å²) < 4.78 is 0. The zero-order valence-electron chi connectivity index (χ0n) is 16.5. The SMILES string of the molecule is CC=CC(=O)Nc1ccc(CN2C(=O)C(=O)c3cc(NC(=O)C4CC4)ccc32)cc1. The van der Waals surface area contributed by atoms with Crippen molar-refractivity contribution in [3.05, 3.63) is 65.7 Å². The van der Waals surface area contributed by atoms with Crippen LogP contribution in [0.15, 0.2) is 54.6 Å². The molecule has 3 amide bonds. The van der Waals surface area contributed by atoms with Crippen molar-refractivity contribution in [3.63, 3.8) is 0 Å². The number of hydrogen-bond acceptors (Lipinski definition) is 4. The smallest absolute Gasteiger partial charge is 0.299 e.